The van der Waals surface area contributed by atoms with Crippen molar-refractivity contribution >= 4 is 11.4 Å². The van der Waals surface area contributed by atoms with Crippen LogP contribution in [0.4, 0.5) is 11.4 Å². The molecular weight excluding hydrogens is 224 g/mol. The summed E-state index contributed by atoms with van der Waals surface area (Å²) in [5.41, 5.74) is 8.97. The quantitative estimate of drug-likeness (QED) is 0.790. The molecule has 0 aliphatic heterocycles. The average molecular weight is 244 g/mol. The minimum atomic E-state index is 0.361. The Balaban J connectivity index is 1.88. The van der Waals surface area contributed by atoms with Gasteiger partial charge in [-0.15, -0.1) is 0 Å². The molecule has 0 saturated carbocycles. The zero-order chi connectivity index (χ0) is 13.0. The Morgan fingerprint density at radius 3 is 2.83 bits per heavy atom. The van der Waals surface area contributed by atoms with E-state index in [2.05, 4.69) is 18.3 Å². The summed E-state index contributed by atoms with van der Waals surface area (Å²) in [5, 5.41) is 3.43. The highest BCUT2D eigenvalue weighted by Crippen LogP contribution is 2.21. The molecule has 0 fully saturated rings. The van der Waals surface area contributed by atoms with Crippen LogP contribution >= 0.6 is 0 Å². The summed E-state index contributed by atoms with van der Waals surface area (Å²) >= 11 is 0. The molecule has 1 aromatic carbocycles. The minimum absolute atomic E-state index is 0.361. The molecule has 0 aliphatic rings. The van der Waals surface area contributed by atoms with E-state index < -0.39 is 0 Å². The van der Waals surface area contributed by atoms with Gasteiger partial charge >= 0.3 is 0 Å². The Labute approximate surface area is 108 Å². The Bertz CT molecular complexity index is 491. The van der Waals surface area contributed by atoms with Crippen LogP contribution in [-0.2, 0) is 6.42 Å². The van der Waals surface area contributed by atoms with Gasteiger partial charge in [0.2, 0.25) is 0 Å². The highest BCUT2D eigenvalue weighted by molar-refractivity contribution is 5.67. The second-order valence-electron chi connectivity index (χ2n) is 4.75. The van der Waals surface area contributed by atoms with Crippen molar-refractivity contribution < 1.29 is 4.42 Å². The first-order valence-corrected chi connectivity index (χ1v) is 6.30. The minimum Gasteiger partial charge on any atom is -0.469 e. The largest absolute Gasteiger partial charge is 0.469 e. The van der Waals surface area contributed by atoms with Gasteiger partial charge in [-0.3, -0.25) is 0 Å². The van der Waals surface area contributed by atoms with E-state index in [4.69, 9.17) is 10.2 Å². The van der Waals surface area contributed by atoms with Crippen LogP contribution < -0.4 is 11.1 Å². The van der Waals surface area contributed by atoms with Gasteiger partial charge in [0.05, 0.1) is 17.6 Å². The molecule has 0 saturated heterocycles. The molecule has 1 heterocycles. The van der Waals surface area contributed by atoms with Crippen molar-refractivity contribution in [3.63, 3.8) is 0 Å². The summed E-state index contributed by atoms with van der Waals surface area (Å²) in [5.74, 6) is 1.03. The molecule has 18 heavy (non-hydrogen) atoms. The van der Waals surface area contributed by atoms with Crippen LogP contribution in [0.3, 0.4) is 0 Å². The molecule has 1 atom stereocenters. The van der Waals surface area contributed by atoms with Gasteiger partial charge in [0.25, 0.3) is 0 Å². The maximum Gasteiger partial charge on any atom is 0.103 e. The lowest BCUT2D eigenvalue weighted by atomic mass is 10.1. The molecule has 2 rings (SSSR count). The highest BCUT2D eigenvalue weighted by atomic mass is 16.3. The number of furan rings is 1. The molecule has 1 aromatic heterocycles. The van der Waals surface area contributed by atoms with E-state index in [0.717, 1.165) is 30.0 Å². The lowest BCUT2D eigenvalue weighted by Gasteiger charge is -2.16. The van der Waals surface area contributed by atoms with Gasteiger partial charge in [0, 0.05) is 12.5 Å². The molecule has 3 heteroatoms. The molecule has 0 amide bonds. The van der Waals surface area contributed by atoms with E-state index in [1.54, 1.807) is 6.26 Å². The Morgan fingerprint density at radius 2 is 2.17 bits per heavy atom. The number of hydrogen-bond acceptors (Lipinski definition) is 3. The monoisotopic (exact) mass is 244 g/mol. The van der Waals surface area contributed by atoms with Gasteiger partial charge in [-0.25, -0.2) is 0 Å². The second kappa shape index (κ2) is 5.63. The fourth-order valence-electron chi connectivity index (χ4n) is 1.96. The lowest BCUT2D eigenvalue weighted by Crippen LogP contribution is -2.16. The molecule has 1 unspecified atom stereocenters. The van der Waals surface area contributed by atoms with E-state index in [1.165, 1.54) is 5.56 Å². The van der Waals surface area contributed by atoms with Crippen LogP contribution in [-0.4, -0.2) is 6.04 Å². The van der Waals surface area contributed by atoms with E-state index >= 15 is 0 Å². The summed E-state index contributed by atoms with van der Waals surface area (Å²) in [4.78, 5) is 0. The first-order chi connectivity index (χ1) is 8.65. The average Bonchev–Trinajstić information content (AvgIpc) is 2.83. The first kappa shape index (κ1) is 12.6. The van der Waals surface area contributed by atoms with Gasteiger partial charge < -0.3 is 15.5 Å². The van der Waals surface area contributed by atoms with Crippen LogP contribution in [0.5, 0.6) is 0 Å². The molecule has 0 spiro atoms. The molecule has 96 valence electrons. The predicted molar refractivity (Wildman–Crippen MR) is 75.7 cm³/mol. The number of benzene rings is 1. The maximum absolute atomic E-state index is 5.98. The molecular formula is C15H20N2O. The number of rotatable bonds is 5. The summed E-state index contributed by atoms with van der Waals surface area (Å²) in [6.07, 6.45) is 3.67. The molecule has 2 aromatic rings. The Kier molecular flexibility index (Phi) is 3.92. The van der Waals surface area contributed by atoms with Crippen molar-refractivity contribution in [1.82, 2.24) is 0 Å². The summed E-state index contributed by atoms with van der Waals surface area (Å²) < 4.78 is 5.32. The van der Waals surface area contributed by atoms with E-state index in [0.29, 0.717) is 6.04 Å². The third-order valence-electron chi connectivity index (χ3n) is 3.01. The third kappa shape index (κ3) is 3.29. The second-order valence-corrected chi connectivity index (χ2v) is 4.75. The smallest absolute Gasteiger partial charge is 0.103 e. The zero-order valence-corrected chi connectivity index (χ0v) is 10.9. The van der Waals surface area contributed by atoms with Gasteiger partial charge in [0.15, 0.2) is 0 Å². The van der Waals surface area contributed by atoms with Gasteiger partial charge in [-0.05, 0) is 50.1 Å². The van der Waals surface area contributed by atoms with Gasteiger partial charge in [-0.1, -0.05) is 6.07 Å². The third-order valence-corrected chi connectivity index (χ3v) is 3.01. The van der Waals surface area contributed by atoms with Crippen molar-refractivity contribution in [3.8, 4) is 0 Å². The topological polar surface area (TPSA) is 51.2 Å². The van der Waals surface area contributed by atoms with Gasteiger partial charge in [0.1, 0.15) is 5.76 Å². The zero-order valence-electron chi connectivity index (χ0n) is 10.9. The Hall–Kier alpha value is -1.90. The summed E-state index contributed by atoms with van der Waals surface area (Å²) in [7, 11) is 0. The number of hydrogen-bond donors (Lipinski definition) is 2. The predicted octanol–water partition coefficient (Wildman–Crippen LogP) is 3.60. The molecule has 3 nitrogen and oxygen atoms in total. The van der Waals surface area contributed by atoms with Crippen LogP contribution in [0.25, 0.3) is 0 Å². The summed E-state index contributed by atoms with van der Waals surface area (Å²) in [6, 6.07) is 10.4. The normalized spacial score (nSPS) is 12.3. The summed E-state index contributed by atoms with van der Waals surface area (Å²) in [6.45, 7) is 4.20. The molecule has 0 bridgehead atoms. The highest BCUT2D eigenvalue weighted by Gasteiger charge is 2.06. The number of nitrogens with two attached hydrogens (primary N) is 1. The van der Waals surface area contributed by atoms with Crippen molar-refractivity contribution in [2.75, 3.05) is 11.1 Å². The molecule has 0 aliphatic carbocycles. The molecule has 3 N–H and O–H groups in total. The van der Waals surface area contributed by atoms with Gasteiger partial charge in [-0.2, -0.15) is 0 Å². The standard InChI is InChI=1S/C15H20N2O/c1-11-5-8-15(14(16)10-11)17-12(2)6-7-13-4-3-9-18-13/h3-5,8-10,12,17H,6-7,16H2,1-2H3. The SMILES string of the molecule is Cc1ccc(NC(C)CCc2ccco2)c(N)c1. The van der Waals surface area contributed by atoms with Crippen molar-refractivity contribution in [2.24, 2.45) is 0 Å². The van der Waals surface area contributed by atoms with E-state index in [-0.39, 0.29) is 0 Å². The van der Waals surface area contributed by atoms with Crippen LogP contribution in [0.15, 0.2) is 41.0 Å². The van der Waals surface area contributed by atoms with Crippen molar-refractivity contribution in [2.45, 2.75) is 32.7 Å². The fourth-order valence-corrected chi connectivity index (χ4v) is 1.96. The lowest BCUT2D eigenvalue weighted by molar-refractivity contribution is 0.495. The first-order valence-electron chi connectivity index (χ1n) is 6.30. The number of aryl methyl sites for hydroxylation is 2. The van der Waals surface area contributed by atoms with E-state index in [9.17, 15) is 0 Å². The number of nitrogen functional groups attached to an aromatic ring is 1. The molecule has 0 radical (unpaired) electrons. The van der Waals surface area contributed by atoms with Crippen LogP contribution in [0.1, 0.15) is 24.7 Å². The van der Waals surface area contributed by atoms with Crippen LogP contribution in [0.2, 0.25) is 0 Å². The van der Waals surface area contributed by atoms with E-state index in [1.807, 2.05) is 31.2 Å². The number of nitrogens with one attached hydrogen (secondary N) is 1. The van der Waals surface area contributed by atoms with Crippen molar-refractivity contribution in [1.29, 1.82) is 0 Å². The van der Waals surface area contributed by atoms with Crippen molar-refractivity contribution in [3.05, 3.63) is 47.9 Å². The van der Waals surface area contributed by atoms with Crippen LogP contribution in [0, 0.1) is 6.92 Å². The number of anilines is 2. The fraction of sp³-hybridized carbons (Fsp3) is 0.333. The Morgan fingerprint density at radius 1 is 1.33 bits per heavy atom. The maximum atomic E-state index is 5.98.